The molecule has 0 atom stereocenters. The molecule has 1 aromatic carbocycles. The summed E-state index contributed by atoms with van der Waals surface area (Å²) in [5.74, 6) is -0.217. The van der Waals surface area contributed by atoms with Crippen LogP contribution in [0.2, 0.25) is 0 Å². The summed E-state index contributed by atoms with van der Waals surface area (Å²) >= 11 is 3.39. The van der Waals surface area contributed by atoms with Gasteiger partial charge in [0, 0.05) is 21.3 Å². The van der Waals surface area contributed by atoms with Gasteiger partial charge in [-0.25, -0.2) is 0 Å². The summed E-state index contributed by atoms with van der Waals surface area (Å²) in [6.07, 6.45) is 0.250. The largest absolute Gasteiger partial charge is 0.463 e. The highest BCUT2D eigenvalue weighted by atomic mass is 79.9. The normalized spacial score (nSPS) is 10.1. The smallest absolute Gasteiger partial charge is 0.373 e. The van der Waals surface area contributed by atoms with Crippen molar-refractivity contribution in [1.82, 2.24) is 25.2 Å². The van der Waals surface area contributed by atoms with E-state index in [1.54, 1.807) is 12.1 Å². The summed E-state index contributed by atoms with van der Waals surface area (Å²) in [5, 5.41) is 12.3. The number of aromatic amines is 1. The minimum atomic E-state index is -0.494. The van der Waals surface area contributed by atoms with Gasteiger partial charge in [0.15, 0.2) is 5.78 Å². The van der Waals surface area contributed by atoms with E-state index >= 15 is 0 Å². The Bertz CT molecular complexity index is 1120. The molecule has 0 unspecified atom stereocenters. The van der Waals surface area contributed by atoms with Gasteiger partial charge in [-0.2, -0.15) is 14.4 Å². The van der Waals surface area contributed by atoms with E-state index in [9.17, 15) is 9.59 Å². The number of aryl methyl sites for hydroxylation is 1. The van der Waals surface area contributed by atoms with Crippen molar-refractivity contribution < 1.29 is 23.9 Å². The fraction of sp³-hybridized carbons (Fsp3) is 0.263. The zero-order chi connectivity index (χ0) is 23.0. The van der Waals surface area contributed by atoms with Gasteiger partial charge in [-0.1, -0.05) is 28.1 Å². The first-order valence-electron chi connectivity index (χ1n) is 8.94. The molecule has 2 aromatic heterocycles. The number of benzene rings is 1. The van der Waals surface area contributed by atoms with Gasteiger partial charge >= 0.3 is 12.1 Å². The molecule has 0 radical (unpaired) electrons. The lowest BCUT2D eigenvalue weighted by Gasteiger charge is -2.03. The van der Waals surface area contributed by atoms with E-state index in [4.69, 9.17) is 20.1 Å². The average Bonchev–Trinajstić information content (AvgIpc) is 3.32. The van der Waals surface area contributed by atoms with E-state index in [-0.39, 0.29) is 31.6 Å². The van der Waals surface area contributed by atoms with E-state index in [1.807, 2.05) is 26.0 Å². The molecule has 0 saturated carbocycles. The van der Waals surface area contributed by atoms with Crippen molar-refractivity contribution in [2.75, 3.05) is 13.2 Å². The van der Waals surface area contributed by atoms with Crippen molar-refractivity contribution in [3.05, 3.63) is 51.1 Å². The van der Waals surface area contributed by atoms with Gasteiger partial charge in [-0.05, 0) is 36.8 Å². The first kappa shape index (κ1) is 23.8. The highest BCUT2D eigenvalue weighted by Crippen LogP contribution is 2.27. The van der Waals surface area contributed by atoms with E-state index < -0.39 is 5.97 Å². The molecular formula is C19H19BrN6O5. The topological polar surface area (TPSA) is 163 Å². The van der Waals surface area contributed by atoms with Crippen molar-refractivity contribution >= 4 is 33.8 Å². The molecule has 0 spiro atoms. The van der Waals surface area contributed by atoms with Crippen molar-refractivity contribution in [2.45, 2.75) is 20.4 Å². The Labute approximate surface area is 185 Å². The van der Waals surface area contributed by atoms with Gasteiger partial charge in [0.05, 0.1) is 18.8 Å². The molecule has 11 nitrogen and oxygen atoms in total. The Kier molecular flexibility index (Phi) is 8.50. The van der Waals surface area contributed by atoms with Gasteiger partial charge in [0.25, 0.3) is 0 Å². The van der Waals surface area contributed by atoms with Gasteiger partial charge < -0.3 is 15.5 Å². The fourth-order valence-corrected chi connectivity index (χ4v) is 3.23. The number of esters is 1. The molecule has 0 bridgehead atoms. The number of aromatic nitrogens is 5. The zero-order valence-corrected chi connectivity index (χ0v) is 18.3. The minimum Gasteiger partial charge on any atom is -0.463 e. The number of H-pyrrole nitrogens is 1. The maximum atomic E-state index is 13.0. The second-order valence-corrected chi connectivity index (χ2v) is 7.10. The number of rotatable bonds is 7. The van der Waals surface area contributed by atoms with E-state index in [2.05, 4.69) is 36.3 Å². The third-order valence-corrected chi connectivity index (χ3v) is 4.64. The van der Waals surface area contributed by atoms with Crippen molar-refractivity contribution in [1.29, 1.82) is 0 Å². The summed E-state index contributed by atoms with van der Waals surface area (Å²) in [6, 6.07) is 7.24. The van der Waals surface area contributed by atoms with Crippen LogP contribution in [0.3, 0.4) is 0 Å². The van der Waals surface area contributed by atoms with Crippen LogP contribution in [0.1, 0.15) is 27.2 Å². The second-order valence-electron chi connectivity index (χ2n) is 6.18. The Morgan fingerprint density at radius 3 is 2.65 bits per heavy atom. The first-order chi connectivity index (χ1) is 14.8. The Morgan fingerprint density at radius 1 is 1.29 bits per heavy atom. The Hall–Kier alpha value is -3.47. The number of nitrogens with zero attached hydrogens (tertiary/aromatic N) is 4. The molecule has 0 aliphatic heterocycles. The van der Waals surface area contributed by atoms with Gasteiger partial charge in [-0.15, -0.1) is 10.2 Å². The van der Waals surface area contributed by atoms with Crippen LogP contribution in [0.15, 0.2) is 28.7 Å². The number of hydrogen-bond acceptors (Lipinski definition) is 9. The first-order valence-corrected chi connectivity index (χ1v) is 9.74. The van der Waals surface area contributed by atoms with Crippen LogP contribution in [0.25, 0.3) is 11.5 Å². The van der Waals surface area contributed by atoms with Crippen molar-refractivity contribution in [3.63, 3.8) is 0 Å². The summed E-state index contributed by atoms with van der Waals surface area (Å²) in [6.45, 7) is 3.85. The second kappa shape index (κ2) is 11.1. The van der Waals surface area contributed by atoms with Gasteiger partial charge in [0.1, 0.15) is 6.61 Å². The molecule has 162 valence electrons. The SMILES string of the molecule is Cc1[nH]c(-c2nnn(CCOC(=O)CN)n2)c(C)c1C(=O)c1cccc(Br)c1.O=C=O. The Balaban J connectivity index is 0.00000107. The number of tetrazole rings is 1. The molecular weight excluding hydrogens is 472 g/mol. The summed E-state index contributed by atoms with van der Waals surface area (Å²) in [7, 11) is 0. The maximum Gasteiger partial charge on any atom is 0.373 e. The quantitative estimate of drug-likeness (QED) is 0.365. The maximum absolute atomic E-state index is 13.0. The summed E-state index contributed by atoms with van der Waals surface area (Å²) in [5.41, 5.74) is 8.45. The zero-order valence-electron chi connectivity index (χ0n) is 16.7. The lowest BCUT2D eigenvalue weighted by molar-refractivity contribution is -0.191. The third-order valence-electron chi connectivity index (χ3n) is 4.15. The van der Waals surface area contributed by atoms with Crippen LogP contribution in [0, 0.1) is 13.8 Å². The lowest BCUT2D eigenvalue weighted by atomic mass is 9.99. The number of nitrogens with one attached hydrogen (secondary N) is 1. The van der Waals surface area contributed by atoms with Crippen LogP contribution in [-0.4, -0.2) is 56.2 Å². The molecule has 0 aliphatic rings. The number of ketones is 1. The van der Waals surface area contributed by atoms with E-state index in [1.165, 1.54) is 4.80 Å². The van der Waals surface area contributed by atoms with Crippen molar-refractivity contribution in [3.8, 4) is 11.5 Å². The number of ether oxygens (including phenoxy) is 1. The average molecular weight is 491 g/mol. The summed E-state index contributed by atoms with van der Waals surface area (Å²) in [4.78, 5) is 44.8. The number of carbonyl (C=O) groups excluding carboxylic acids is 4. The molecule has 0 aliphatic carbocycles. The number of hydrogen-bond donors (Lipinski definition) is 2. The molecule has 3 rings (SSSR count). The number of nitrogens with two attached hydrogens (primary N) is 1. The Morgan fingerprint density at radius 2 is 2.00 bits per heavy atom. The standard InChI is InChI=1S/C18H19BrN6O3.CO2/c1-10-15(17(27)12-4-3-5-13(19)8-12)11(2)21-16(10)18-22-24-25(23-18)6-7-28-14(26)9-20;2-1-3/h3-5,8,21H,6-7,9,20H2,1-2H3;. The molecule has 31 heavy (non-hydrogen) atoms. The monoisotopic (exact) mass is 490 g/mol. The van der Waals surface area contributed by atoms with E-state index in [0.29, 0.717) is 22.6 Å². The minimum absolute atomic E-state index is 0.0834. The molecule has 0 saturated heterocycles. The number of halogens is 1. The van der Waals surface area contributed by atoms with Crippen LogP contribution < -0.4 is 5.73 Å². The van der Waals surface area contributed by atoms with Gasteiger partial charge in [-0.3, -0.25) is 9.59 Å². The lowest BCUT2D eigenvalue weighted by Crippen LogP contribution is -2.19. The molecule has 0 fully saturated rings. The van der Waals surface area contributed by atoms with Crippen LogP contribution in [0.5, 0.6) is 0 Å². The molecule has 3 N–H and O–H groups in total. The van der Waals surface area contributed by atoms with Crippen LogP contribution in [-0.2, 0) is 25.7 Å². The van der Waals surface area contributed by atoms with E-state index in [0.717, 1.165) is 15.7 Å². The highest BCUT2D eigenvalue weighted by Gasteiger charge is 2.22. The highest BCUT2D eigenvalue weighted by molar-refractivity contribution is 9.10. The van der Waals surface area contributed by atoms with Gasteiger partial charge in [0.2, 0.25) is 5.82 Å². The molecule has 12 heteroatoms. The third kappa shape index (κ3) is 6.01. The predicted octanol–water partition coefficient (Wildman–Crippen LogP) is 1.20. The predicted molar refractivity (Wildman–Crippen MR) is 110 cm³/mol. The van der Waals surface area contributed by atoms with Crippen LogP contribution >= 0.6 is 15.9 Å². The fourth-order valence-electron chi connectivity index (χ4n) is 2.83. The summed E-state index contributed by atoms with van der Waals surface area (Å²) < 4.78 is 5.74. The number of carbonyl (C=O) groups is 2. The molecule has 0 amide bonds. The molecule has 2 heterocycles. The van der Waals surface area contributed by atoms with Crippen molar-refractivity contribution in [2.24, 2.45) is 5.73 Å². The molecule has 3 aromatic rings. The van der Waals surface area contributed by atoms with Crippen LogP contribution in [0.4, 0.5) is 0 Å².